The van der Waals surface area contributed by atoms with Crippen LogP contribution in [-0.2, 0) is 12.8 Å². The zero-order valence-corrected chi connectivity index (χ0v) is 11.9. The Labute approximate surface area is 120 Å². The number of anilines is 1. The minimum absolute atomic E-state index is 0.347. The Morgan fingerprint density at radius 1 is 1.20 bits per heavy atom. The van der Waals surface area contributed by atoms with Crippen LogP contribution in [0.5, 0.6) is 0 Å². The van der Waals surface area contributed by atoms with Crippen molar-refractivity contribution in [2.45, 2.75) is 63.5 Å². The van der Waals surface area contributed by atoms with Gasteiger partial charge in [0.15, 0.2) is 0 Å². The second kappa shape index (κ2) is 5.80. The first-order valence-electron chi connectivity index (χ1n) is 7.71. The summed E-state index contributed by atoms with van der Waals surface area (Å²) in [7, 11) is 0. The zero-order valence-electron chi connectivity index (χ0n) is 11.9. The first kappa shape index (κ1) is 13.4. The highest BCUT2D eigenvalue weighted by Gasteiger charge is 2.21. The van der Waals surface area contributed by atoms with Crippen LogP contribution >= 0.6 is 0 Å². The number of rotatable bonds is 2. The number of pyridine rings is 1. The quantitative estimate of drug-likeness (QED) is 0.866. The highest BCUT2D eigenvalue weighted by molar-refractivity contribution is 5.55. The van der Waals surface area contributed by atoms with E-state index in [0.29, 0.717) is 17.6 Å². The van der Waals surface area contributed by atoms with Crippen LogP contribution < -0.4 is 11.1 Å². The molecule has 4 heteroatoms. The van der Waals surface area contributed by atoms with Crippen LogP contribution in [-0.4, -0.2) is 17.1 Å². The molecule has 3 rings (SSSR count). The van der Waals surface area contributed by atoms with Crippen molar-refractivity contribution in [1.82, 2.24) is 4.98 Å². The van der Waals surface area contributed by atoms with Crippen LogP contribution in [0, 0.1) is 11.3 Å². The third-order valence-corrected chi connectivity index (χ3v) is 4.53. The molecule has 0 aromatic carbocycles. The Hall–Kier alpha value is -1.60. The van der Waals surface area contributed by atoms with Gasteiger partial charge in [0.25, 0.3) is 0 Å². The fourth-order valence-corrected chi connectivity index (χ4v) is 3.29. The molecule has 4 nitrogen and oxygen atoms in total. The van der Waals surface area contributed by atoms with Crippen LogP contribution in [0.2, 0.25) is 0 Å². The van der Waals surface area contributed by atoms with Gasteiger partial charge in [0, 0.05) is 17.8 Å². The number of nitrogens with one attached hydrogen (secondary N) is 1. The van der Waals surface area contributed by atoms with Gasteiger partial charge in [-0.2, -0.15) is 5.26 Å². The summed E-state index contributed by atoms with van der Waals surface area (Å²) in [6, 6.07) is 5.09. The molecule has 0 radical (unpaired) electrons. The molecular formula is C16H22N4. The molecule has 106 valence electrons. The van der Waals surface area contributed by atoms with Gasteiger partial charge in [0.2, 0.25) is 0 Å². The zero-order chi connectivity index (χ0) is 13.9. The maximum Gasteiger partial charge on any atom is 0.144 e. The molecule has 0 aliphatic heterocycles. The standard InChI is InChI=1S/C16H22N4/c17-10-12-9-11-3-1-2-4-15(11)20-16(12)19-14-7-5-13(18)6-8-14/h9,13-14H,1-8,18H2,(H,19,20). The second-order valence-corrected chi connectivity index (χ2v) is 6.07. The van der Waals surface area contributed by atoms with Gasteiger partial charge in [-0.05, 0) is 63.0 Å². The fraction of sp³-hybridized carbons (Fsp3) is 0.625. The number of aromatic nitrogens is 1. The highest BCUT2D eigenvalue weighted by atomic mass is 15.0. The van der Waals surface area contributed by atoms with Crippen LogP contribution in [0.15, 0.2) is 6.07 Å². The van der Waals surface area contributed by atoms with E-state index in [1.807, 2.05) is 6.07 Å². The van der Waals surface area contributed by atoms with Crippen molar-refractivity contribution in [2.24, 2.45) is 5.73 Å². The van der Waals surface area contributed by atoms with Gasteiger partial charge < -0.3 is 11.1 Å². The molecule has 2 aliphatic rings. The molecule has 0 saturated heterocycles. The summed E-state index contributed by atoms with van der Waals surface area (Å²) in [6.45, 7) is 0. The summed E-state index contributed by atoms with van der Waals surface area (Å²) < 4.78 is 0. The summed E-state index contributed by atoms with van der Waals surface area (Å²) in [4.78, 5) is 4.73. The van der Waals surface area contributed by atoms with E-state index >= 15 is 0 Å². The maximum absolute atomic E-state index is 9.34. The summed E-state index contributed by atoms with van der Waals surface area (Å²) >= 11 is 0. The van der Waals surface area contributed by atoms with E-state index in [1.54, 1.807) is 0 Å². The number of nitriles is 1. The summed E-state index contributed by atoms with van der Waals surface area (Å²) in [5.74, 6) is 0.786. The molecule has 2 aliphatic carbocycles. The number of nitrogens with two attached hydrogens (primary N) is 1. The predicted molar refractivity (Wildman–Crippen MR) is 79.4 cm³/mol. The van der Waals surface area contributed by atoms with Gasteiger partial charge >= 0.3 is 0 Å². The number of hydrogen-bond donors (Lipinski definition) is 2. The van der Waals surface area contributed by atoms with Gasteiger partial charge in [0.05, 0.1) is 5.56 Å². The Morgan fingerprint density at radius 2 is 1.95 bits per heavy atom. The van der Waals surface area contributed by atoms with Gasteiger partial charge in [0.1, 0.15) is 11.9 Å². The normalized spacial score (nSPS) is 25.6. The SMILES string of the molecule is N#Cc1cc2c(nc1NC1CCC(N)CC1)CCCC2. The van der Waals surface area contributed by atoms with E-state index in [1.165, 1.54) is 24.1 Å². The van der Waals surface area contributed by atoms with Crippen molar-refractivity contribution in [1.29, 1.82) is 5.26 Å². The predicted octanol–water partition coefficient (Wildman–Crippen LogP) is 2.51. The molecule has 0 amide bonds. The van der Waals surface area contributed by atoms with Crippen molar-refractivity contribution in [3.05, 3.63) is 22.9 Å². The lowest BCUT2D eigenvalue weighted by atomic mass is 9.91. The first-order chi connectivity index (χ1) is 9.76. The van der Waals surface area contributed by atoms with Crippen molar-refractivity contribution < 1.29 is 0 Å². The van der Waals surface area contributed by atoms with E-state index in [0.717, 1.165) is 44.3 Å². The Balaban J connectivity index is 1.80. The molecule has 1 saturated carbocycles. The van der Waals surface area contributed by atoms with Crippen molar-refractivity contribution in [3.63, 3.8) is 0 Å². The van der Waals surface area contributed by atoms with Gasteiger partial charge in [-0.1, -0.05) is 0 Å². The lowest BCUT2D eigenvalue weighted by Gasteiger charge is -2.28. The Morgan fingerprint density at radius 3 is 2.70 bits per heavy atom. The molecule has 0 spiro atoms. The average Bonchev–Trinajstić information content (AvgIpc) is 2.49. The number of aryl methyl sites for hydroxylation is 2. The first-order valence-corrected chi connectivity index (χ1v) is 7.71. The molecule has 0 unspecified atom stereocenters. The van der Waals surface area contributed by atoms with Crippen LogP contribution in [0.4, 0.5) is 5.82 Å². The third kappa shape index (κ3) is 2.78. The van der Waals surface area contributed by atoms with Crippen LogP contribution in [0.25, 0.3) is 0 Å². The molecule has 1 aromatic heterocycles. The van der Waals surface area contributed by atoms with Gasteiger partial charge in [-0.3, -0.25) is 0 Å². The van der Waals surface area contributed by atoms with Gasteiger partial charge in [-0.15, -0.1) is 0 Å². The minimum Gasteiger partial charge on any atom is -0.366 e. The van der Waals surface area contributed by atoms with Crippen LogP contribution in [0.1, 0.15) is 55.3 Å². The van der Waals surface area contributed by atoms with Crippen molar-refractivity contribution >= 4 is 5.82 Å². The Bertz CT molecular complexity index is 524. The Kier molecular flexibility index (Phi) is 3.88. The maximum atomic E-state index is 9.34. The summed E-state index contributed by atoms with van der Waals surface area (Å²) in [6.07, 6.45) is 8.81. The third-order valence-electron chi connectivity index (χ3n) is 4.53. The minimum atomic E-state index is 0.347. The number of nitrogens with zero attached hydrogens (tertiary/aromatic N) is 2. The van der Waals surface area contributed by atoms with Crippen LogP contribution in [0.3, 0.4) is 0 Å². The molecule has 3 N–H and O–H groups in total. The fourth-order valence-electron chi connectivity index (χ4n) is 3.29. The lowest BCUT2D eigenvalue weighted by molar-refractivity contribution is 0.410. The van der Waals surface area contributed by atoms with Gasteiger partial charge in [-0.25, -0.2) is 4.98 Å². The van der Waals surface area contributed by atoms with E-state index in [2.05, 4.69) is 11.4 Å². The van der Waals surface area contributed by atoms with Crippen molar-refractivity contribution in [3.8, 4) is 6.07 Å². The molecule has 1 heterocycles. The monoisotopic (exact) mass is 270 g/mol. The lowest BCUT2D eigenvalue weighted by Crippen LogP contribution is -2.33. The van der Waals surface area contributed by atoms with E-state index in [-0.39, 0.29) is 0 Å². The van der Waals surface area contributed by atoms with E-state index in [9.17, 15) is 5.26 Å². The molecule has 20 heavy (non-hydrogen) atoms. The highest BCUT2D eigenvalue weighted by Crippen LogP contribution is 2.27. The smallest absolute Gasteiger partial charge is 0.144 e. The molecule has 1 aromatic rings. The molecule has 1 fully saturated rings. The largest absolute Gasteiger partial charge is 0.366 e. The second-order valence-electron chi connectivity index (χ2n) is 6.07. The number of fused-ring (bicyclic) bond motifs is 1. The molecule has 0 bridgehead atoms. The topological polar surface area (TPSA) is 74.7 Å². The average molecular weight is 270 g/mol. The number of hydrogen-bond acceptors (Lipinski definition) is 4. The van der Waals surface area contributed by atoms with E-state index < -0.39 is 0 Å². The molecule has 0 atom stereocenters. The molecular weight excluding hydrogens is 248 g/mol. The summed E-state index contributed by atoms with van der Waals surface area (Å²) in [5, 5.41) is 12.8. The van der Waals surface area contributed by atoms with E-state index in [4.69, 9.17) is 10.7 Å². The summed E-state index contributed by atoms with van der Waals surface area (Å²) in [5.41, 5.74) is 9.09. The van der Waals surface area contributed by atoms with Crippen molar-refractivity contribution in [2.75, 3.05) is 5.32 Å².